The molecule has 4 rings (SSSR count). The Kier molecular flexibility index (Phi) is 2.93. The maximum absolute atomic E-state index is 11.9. The number of nitrogens with zero attached hydrogens (tertiary/aromatic N) is 1. The number of hydrogen-bond acceptors (Lipinski definition) is 3. The largest absolute Gasteiger partial charge is 0.493 e. The number of fused-ring (bicyclic) bond motifs is 5. The van der Waals surface area contributed by atoms with Crippen LogP contribution in [0.3, 0.4) is 0 Å². The van der Waals surface area contributed by atoms with Crippen molar-refractivity contribution in [2.75, 3.05) is 14.2 Å². The van der Waals surface area contributed by atoms with E-state index >= 15 is 0 Å². The van der Waals surface area contributed by atoms with Gasteiger partial charge in [-0.05, 0) is 23.8 Å². The monoisotopic (exact) mass is 296 g/mol. The van der Waals surface area contributed by atoms with Crippen molar-refractivity contribution in [3.63, 3.8) is 0 Å². The zero-order chi connectivity index (χ0) is 15.3. The van der Waals surface area contributed by atoms with Crippen LogP contribution in [0, 0.1) is 0 Å². The van der Waals surface area contributed by atoms with Crippen molar-refractivity contribution in [1.29, 1.82) is 0 Å². The molecule has 1 aliphatic heterocycles. The first-order chi connectivity index (χ1) is 10.7. The smallest absolute Gasteiger partial charge is 0.213 e. The highest BCUT2D eigenvalue weighted by atomic mass is 16.5. The van der Waals surface area contributed by atoms with Crippen LogP contribution in [-0.4, -0.2) is 20.0 Å². The van der Waals surface area contributed by atoms with Gasteiger partial charge in [-0.15, -0.1) is 0 Å². The Morgan fingerprint density at radius 1 is 0.955 bits per heavy atom. The number of methoxy groups -OCH3 is 2. The molecule has 4 nitrogen and oxygen atoms in total. The molecule has 112 valence electrons. The lowest BCUT2D eigenvalue weighted by molar-refractivity contribution is -0.694. The summed E-state index contributed by atoms with van der Waals surface area (Å²) < 4.78 is 13.1. The molecule has 0 unspecified atom stereocenters. The molecule has 0 fully saturated rings. The fraction of sp³-hybridized carbons (Fsp3) is 0.333. The van der Waals surface area contributed by atoms with E-state index in [2.05, 4.69) is 16.7 Å². The first kappa shape index (κ1) is 13.3. The van der Waals surface area contributed by atoms with Crippen molar-refractivity contribution >= 4 is 5.78 Å². The van der Waals surface area contributed by atoms with Gasteiger partial charge in [-0.2, -0.15) is 4.57 Å². The molecule has 0 atom stereocenters. The second-order valence-corrected chi connectivity index (χ2v) is 5.77. The van der Waals surface area contributed by atoms with Crippen molar-refractivity contribution in [2.45, 2.75) is 25.8 Å². The molecule has 0 spiro atoms. The first-order valence-corrected chi connectivity index (χ1v) is 7.57. The number of rotatable bonds is 2. The third-order valence-corrected chi connectivity index (χ3v) is 4.71. The van der Waals surface area contributed by atoms with E-state index in [4.69, 9.17) is 9.47 Å². The lowest BCUT2D eigenvalue weighted by Crippen LogP contribution is -2.44. The van der Waals surface area contributed by atoms with E-state index in [1.54, 1.807) is 14.2 Å². The fourth-order valence-electron chi connectivity index (χ4n) is 3.62. The van der Waals surface area contributed by atoms with Crippen LogP contribution in [-0.2, 0) is 19.4 Å². The van der Waals surface area contributed by atoms with Crippen molar-refractivity contribution < 1.29 is 18.8 Å². The van der Waals surface area contributed by atoms with Gasteiger partial charge in [0.05, 0.1) is 25.3 Å². The normalized spacial score (nSPS) is 15.1. The zero-order valence-corrected chi connectivity index (χ0v) is 12.8. The molecule has 1 aromatic heterocycles. The Labute approximate surface area is 129 Å². The van der Waals surface area contributed by atoms with E-state index in [1.807, 2.05) is 12.1 Å². The van der Waals surface area contributed by atoms with Crippen LogP contribution < -0.4 is 14.0 Å². The van der Waals surface area contributed by atoms with Crippen molar-refractivity contribution in [2.24, 2.45) is 0 Å². The Morgan fingerprint density at radius 2 is 1.73 bits per heavy atom. The average molecular weight is 296 g/mol. The standard InChI is InChI=1S/C18H18NO3/c1-21-17-9-11-7-8-19-14-5-6-16(20)12(14)3-4-15(19)13(11)10-18(17)22-2/h3-4,9-10H,5-8H2,1-2H3/q+1. The summed E-state index contributed by atoms with van der Waals surface area (Å²) in [6.45, 7) is 0.911. The molecule has 0 amide bonds. The maximum atomic E-state index is 11.9. The number of ketones is 1. The van der Waals surface area contributed by atoms with E-state index < -0.39 is 0 Å². The molecule has 2 aliphatic rings. The number of hydrogen-bond donors (Lipinski definition) is 0. The van der Waals surface area contributed by atoms with Crippen molar-refractivity contribution in [1.82, 2.24) is 0 Å². The summed E-state index contributed by atoms with van der Waals surface area (Å²) in [4.78, 5) is 11.9. The number of carbonyl (C=O) groups excluding carboxylic acids is 1. The predicted molar refractivity (Wildman–Crippen MR) is 81.5 cm³/mol. The highest BCUT2D eigenvalue weighted by Gasteiger charge is 2.34. The molecule has 0 saturated heterocycles. The first-order valence-electron chi connectivity index (χ1n) is 7.57. The summed E-state index contributed by atoms with van der Waals surface area (Å²) in [5.74, 6) is 1.78. The van der Waals surface area contributed by atoms with E-state index in [1.165, 1.54) is 16.8 Å². The van der Waals surface area contributed by atoms with E-state index in [9.17, 15) is 4.79 Å². The number of ether oxygens (including phenoxy) is 2. The zero-order valence-electron chi connectivity index (χ0n) is 12.8. The molecule has 0 saturated carbocycles. The molecule has 1 aromatic carbocycles. The highest BCUT2D eigenvalue weighted by Crippen LogP contribution is 2.37. The molecule has 2 heterocycles. The van der Waals surface area contributed by atoms with Crippen molar-refractivity contribution in [3.8, 4) is 22.8 Å². The molecule has 2 aromatic rings. The lowest BCUT2D eigenvalue weighted by Gasteiger charge is -2.19. The summed E-state index contributed by atoms with van der Waals surface area (Å²) in [7, 11) is 3.32. The van der Waals surface area contributed by atoms with Gasteiger partial charge >= 0.3 is 0 Å². The quantitative estimate of drug-likeness (QED) is 0.799. The van der Waals surface area contributed by atoms with Gasteiger partial charge in [0, 0.05) is 25.3 Å². The molecule has 4 heteroatoms. The predicted octanol–water partition coefficient (Wildman–Crippen LogP) is 2.34. The molecule has 22 heavy (non-hydrogen) atoms. The topological polar surface area (TPSA) is 39.4 Å². The second kappa shape index (κ2) is 4.83. The number of carbonyl (C=O) groups is 1. The van der Waals surface area contributed by atoms with Crippen LogP contribution in [0.2, 0.25) is 0 Å². The minimum absolute atomic E-state index is 0.267. The average Bonchev–Trinajstić information content (AvgIpc) is 2.94. The Bertz CT molecular complexity index is 795. The number of pyridine rings is 1. The minimum Gasteiger partial charge on any atom is -0.493 e. The van der Waals surface area contributed by atoms with Crippen LogP contribution in [0.4, 0.5) is 0 Å². The summed E-state index contributed by atoms with van der Waals surface area (Å²) in [6, 6.07) is 8.15. The molecule has 0 N–H and O–H groups in total. The Balaban J connectivity index is 1.93. The number of aryl methyl sites for hydroxylation is 1. The van der Waals surface area contributed by atoms with E-state index in [0.29, 0.717) is 6.42 Å². The van der Waals surface area contributed by atoms with Gasteiger partial charge in [0.25, 0.3) is 0 Å². The fourth-order valence-corrected chi connectivity index (χ4v) is 3.62. The van der Waals surface area contributed by atoms with Gasteiger partial charge in [0.15, 0.2) is 29.5 Å². The minimum atomic E-state index is 0.267. The van der Waals surface area contributed by atoms with Gasteiger partial charge in [-0.3, -0.25) is 4.79 Å². The van der Waals surface area contributed by atoms with Crippen LogP contribution in [0.5, 0.6) is 11.5 Å². The van der Waals surface area contributed by atoms with Gasteiger partial charge in [0.1, 0.15) is 0 Å². The van der Waals surface area contributed by atoms with Gasteiger partial charge in [-0.1, -0.05) is 0 Å². The van der Waals surface area contributed by atoms with E-state index in [0.717, 1.165) is 42.1 Å². The summed E-state index contributed by atoms with van der Waals surface area (Å²) >= 11 is 0. The molecule has 0 radical (unpaired) electrons. The Hall–Kier alpha value is -2.36. The number of benzene rings is 1. The van der Waals surface area contributed by atoms with Gasteiger partial charge < -0.3 is 9.47 Å². The molecular formula is C18H18NO3+. The Morgan fingerprint density at radius 3 is 2.50 bits per heavy atom. The van der Waals surface area contributed by atoms with Crippen molar-refractivity contribution in [3.05, 3.63) is 41.1 Å². The maximum Gasteiger partial charge on any atom is 0.213 e. The third kappa shape index (κ3) is 1.76. The molecule has 1 aliphatic carbocycles. The van der Waals surface area contributed by atoms with Crippen LogP contribution in [0.15, 0.2) is 24.3 Å². The van der Waals surface area contributed by atoms with Gasteiger partial charge in [0.2, 0.25) is 5.69 Å². The molecular weight excluding hydrogens is 278 g/mol. The third-order valence-electron chi connectivity index (χ3n) is 4.71. The number of Topliss-reactive ketones (excluding diaryl/α,β-unsaturated/α-hetero) is 1. The van der Waals surface area contributed by atoms with Crippen LogP contribution in [0.1, 0.15) is 28.0 Å². The van der Waals surface area contributed by atoms with Crippen LogP contribution in [0.25, 0.3) is 11.3 Å². The van der Waals surface area contributed by atoms with Crippen LogP contribution >= 0.6 is 0 Å². The van der Waals surface area contributed by atoms with E-state index in [-0.39, 0.29) is 5.78 Å². The highest BCUT2D eigenvalue weighted by molar-refractivity contribution is 5.99. The molecule has 0 bridgehead atoms. The summed E-state index contributed by atoms with van der Waals surface area (Å²) in [5, 5.41) is 0. The van der Waals surface area contributed by atoms with Gasteiger partial charge in [-0.25, -0.2) is 0 Å². The summed E-state index contributed by atoms with van der Waals surface area (Å²) in [5.41, 5.74) is 5.68. The summed E-state index contributed by atoms with van der Waals surface area (Å²) in [6.07, 6.45) is 2.43. The lowest BCUT2D eigenvalue weighted by atomic mass is 9.95. The second-order valence-electron chi connectivity index (χ2n) is 5.77. The number of aromatic nitrogens is 1. The SMILES string of the molecule is COc1cc2c(cc1OC)-c1ccc3c([n+]1CC2)CCC3=O.